The largest absolute Gasteiger partial charge is 0.465 e. The van der Waals surface area contributed by atoms with E-state index >= 15 is 0 Å². The Morgan fingerprint density at radius 2 is 1.88 bits per heavy atom. The molecule has 33 heavy (non-hydrogen) atoms. The summed E-state index contributed by atoms with van der Waals surface area (Å²) >= 11 is 0. The lowest BCUT2D eigenvalue weighted by molar-refractivity contribution is -0.152. The van der Waals surface area contributed by atoms with E-state index in [9.17, 15) is 22.8 Å². The highest BCUT2D eigenvalue weighted by molar-refractivity contribution is 7.89. The van der Waals surface area contributed by atoms with Crippen molar-refractivity contribution in [3.63, 3.8) is 0 Å². The van der Waals surface area contributed by atoms with Gasteiger partial charge in [0.2, 0.25) is 15.8 Å². The van der Waals surface area contributed by atoms with Crippen LogP contribution in [0.1, 0.15) is 51.9 Å². The minimum Gasteiger partial charge on any atom is -0.465 e. The second-order valence-corrected chi connectivity index (χ2v) is 9.86. The maximum Gasteiger partial charge on any atom is 0.339 e. The van der Waals surface area contributed by atoms with Gasteiger partial charge >= 0.3 is 11.9 Å². The summed E-state index contributed by atoms with van der Waals surface area (Å²) in [5, 5.41) is 0. The Hall–Kier alpha value is -3.05. The second-order valence-electron chi connectivity index (χ2n) is 7.93. The predicted molar refractivity (Wildman–Crippen MR) is 117 cm³/mol. The minimum absolute atomic E-state index is 0.105. The van der Waals surface area contributed by atoms with E-state index in [0.717, 1.165) is 0 Å². The van der Waals surface area contributed by atoms with Crippen LogP contribution >= 0.6 is 0 Å². The Labute approximate surface area is 192 Å². The third-order valence-electron chi connectivity index (χ3n) is 5.80. The summed E-state index contributed by atoms with van der Waals surface area (Å²) in [6.45, 7) is 5.07. The van der Waals surface area contributed by atoms with Gasteiger partial charge in [-0.3, -0.25) is 14.6 Å². The maximum absolute atomic E-state index is 12.8. The van der Waals surface area contributed by atoms with E-state index in [4.69, 9.17) is 9.47 Å². The van der Waals surface area contributed by atoms with Gasteiger partial charge in [0, 0.05) is 31.2 Å². The summed E-state index contributed by atoms with van der Waals surface area (Å²) < 4.78 is 36.9. The quantitative estimate of drug-likeness (QED) is 0.473. The summed E-state index contributed by atoms with van der Waals surface area (Å²) in [6.07, 6.45) is 2.28. The van der Waals surface area contributed by atoms with Crippen molar-refractivity contribution < 1.29 is 32.3 Å². The second kappa shape index (κ2) is 9.84. The normalized spacial score (nSPS) is 16.2. The number of sulfonamides is 1. The fraction of sp³-hybridized carbons (Fsp3) is 0.455. The van der Waals surface area contributed by atoms with Crippen LogP contribution in [-0.2, 0) is 24.3 Å². The van der Waals surface area contributed by atoms with Crippen LogP contribution in [0.5, 0.6) is 0 Å². The van der Waals surface area contributed by atoms with Crippen LogP contribution in [0.25, 0.3) is 0 Å². The van der Waals surface area contributed by atoms with E-state index in [1.807, 2.05) is 0 Å². The van der Waals surface area contributed by atoms with E-state index in [1.54, 1.807) is 19.9 Å². The van der Waals surface area contributed by atoms with Gasteiger partial charge in [-0.2, -0.15) is 4.31 Å². The van der Waals surface area contributed by atoms with Crippen molar-refractivity contribution in [1.29, 1.82) is 0 Å². The molecule has 3 heterocycles. The van der Waals surface area contributed by atoms with E-state index < -0.39 is 39.8 Å². The number of piperidine rings is 1. The van der Waals surface area contributed by atoms with Crippen molar-refractivity contribution in [2.24, 2.45) is 5.92 Å². The Balaban J connectivity index is 1.61. The summed E-state index contributed by atoms with van der Waals surface area (Å²) in [6, 6.07) is 3.03. The summed E-state index contributed by atoms with van der Waals surface area (Å²) in [4.78, 5) is 44.3. The Kier molecular flexibility index (Phi) is 7.33. The predicted octanol–water partition coefficient (Wildman–Crippen LogP) is 2.03. The van der Waals surface area contributed by atoms with Gasteiger partial charge in [0.15, 0.2) is 6.10 Å². The number of carbonyl (C=O) groups is 3. The number of aromatic nitrogens is 2. The third kappa shape index (κ3) is 4.98. The fourth-order valence-electron chi connectivity index (χ4n) is 3.91. The van der Waals surface area contributed by atoms with E-state index in [-0.39, 0.29) is 42.1 Å². The highest BCUT2D eigenvalue weighted by atomic mass is 32.2. The molecule has 1 unspecified atom stereocenters. The molecule has 0 saturated carbocycles. The van der Waals surface area contributed by atoms with Crippen molar-refractivity contribution >= 4 is 27.7 Å². The number of hydrogen-bond acceptors (Lipinski definition) is 8. The summed E-state index contributed by atoms with van der Waals surface area (Å²) in [7, 11) is -2.42. The molecule has 1 atom stereocenters. The van der Waals surface area contributed by atoms with Gasteiger partial charge < -0.3 is 14.5 Å². The Bertz CT molecular complexity index is 1150. The molecular weight excluding hydrogens is 450 g/mol. The van der Waals surface area contributed by atoms with E-state index in [2.05, 4.69) is 9.97 Å². The molecule has 0 amide bonds. The number of esters is 2. The minimum atomic E-state index is -3.68. The average molecular weight is 478 g/mol. The molecule has 11 heteroatoms. The van der Waals surface area contributed by atoms with E-state index in [0.29, 0.717) is 11.3 Å². The van der Waals surface area contributed by atoms with Crippen LogP contribution in [0, 0.1) is 19.8 Å². The molecule has 1 aliphatic rings. The summed E-state index contributed by atoms with van der Waals surface area (Å²) in [5.74, 6) is -2.09. The van der Waals surface area contributed by atoms with Crippen LogP contribution in [0.3, 0.4) is 0 Å². The van der Waals surface area contributed by atoms with E-state index in [1.165, 1.54) is 36.8 Å². The number of Topliss-reactive ketones (excluding diaryl/α,β-unsaturated/α-hetero) is 1. The first-order chi connectivity index (χ1) is 15.6. The number of rotatable bonds is 7. The lowest BCUT2D eigenvalue weighted by atomic mass is 9.98. The standard InChI is InChI=1S/C22H27N3O7S/c1-13-18(22(28)31-4)14(2)24-19(13)20(26)15(3)32-21(27)16-7-10-25(11-8-16)33(29,30)17-6-5-9-23-12-17/h5-6,9,12,15-16,24H,7-8,10-11H2,1-4H3. The van der Waals surface area contributed by atoms with Gasteiger partial charge in [-0.05, 0) is 51.3 Å². The SMILES string of the molecule is COC(=O)c1c(C)[nH]c(C(=O)C(C)OC(=O)C2CCN(S(=O)(=O)c3cccnc3)CC2)c1C. The number of nitrogens with zero attached hydrogens (tertiary/aromatic N) is 2. The van der Waals surface area contributed by atoms with Gasteiger partial charge in [0.05, 0.1) is 24.3 Å². The first-order valence-corrected chi connectivity index (χ1v) is 11.9. The number of pyridine rings is 1. The molecule has 10 nitrogen and oxygen atoms in total. The van der Waals surface area contributed by atoms with Gasteiger partial charge in [0.25, 0.3) is 0 Å². The topological polar surface area (TPSA) is 136 Å². The number of carbonyl (C=O) groups excluding carboxylic acids is 3. The Morgan fingerprint density at radius 3 is 2.45 bits per heavy atom. The van der Waals surface area contributed by atoms with Crippen molar-refractivity contribution in [2.45, 2.75) is 44.6 Å². The molecule has 1 fully saturated rings. The molecule has 1 saturated heterocycles. The lowest BCUT2D eigenvalue weighted by Crippen LogP contribution is -2.41. The van der Waals surface area contributed by atoms with Crippen molar-refractivity contribution in [3.8, 4) is 0 Å². The number of methoxy groups -OCH3 is 1. The van der Waals surface area contributed by atoms with Crippen molar-refractivity contribution in [1.82, 2.24) is 14.3 Å². The van der Waals surface area contributed by atoms with Crippen LogP contribution in [-0.4, -0.2) is 66.7 Å². The molecule has 0 aliphatic carbocycles. The van der Waals surface area contributed by atoms with Crippen LogP contribution in [0.4, 0.5) is 0 Å². The van der Waals surface area contributed by atoms with Crippen LogP contribution in [0.2, 0.25) is 0 Å². The Morgan fingerprint density at radius 1 is 1.21 bits per heavy atom. The average Bonchev–Trinajstić information content (AvgIpc) is 3.12. The molecule has 1 aliphatic heterocycles. The molecule has 0 radical (unpaired) electrons. The number of H-pyrrole nitrogens is 1. The molecule has 2 aromatic rings. The monoisotopic (exact) mass is 477 g/mol. The molecule has 1 N–H and O–H groups in total. The number of hydrogen-bond donors (Lipinski definition) is 1. The molecule has 178 valence electrons. The number of nitrogens with one attached hydrogen (secondary N) is 1. The van der Waals surface area contributed by atoms with Gasteiger partial charge in [0.1, 0.15) is 4.90 Å². The first-order valence-electron chi connectivity index (χ1n) is 10.5. The molecular formula is C22H27N3O7S. The highest BCUT2D eigenvalue weighted by Gasteiger charge is 2.35. The zero-order chi connectivity index (χ0) is 24.3. The van der Waals surface area contributed by atoms with Gasteiger partial charge in [-0.15, -0.1) is 0 Å². The molecule has 2 aromatic heterocycles. The maximum atomic E-state index is 12.8. The van der Waals surface area contributed by atoms with Crippen molar-refractivity contribution in [2.75, 3.05) is 20.2 Å². The van der Waals surface area contributed by atoms with Gasteiger partial charge in [-0.1, -0.05) is 0 Å². The molecule has 0 bridgehead atoms. The van der Waals surface area contributed by atoms with Gasteiger partial charge in [-0.25, -0.2) is 13.2 Å². The summed E-state index contributed by atoms with van der Waals surface area (Å²) in [5.41, 5.74) is 1.39. The van der Waals surface area contributed by atoms with Crippen LogP contribution < -0.4 is 0 Å². The zero-order valence-corrected chi connectivity index (χ0v) is 19.8. The third-order valence-corrected chi connectivity index (χ3v) is 7.68. The first kappa shape index (κ1) is 24.6. The lowest BCUT2D eigenvalue weighted by Gasteiger charge is -2.30. The number of ketones is 1. The number of aryl methyl sites for hydroxylation is 1. The highest BCUT2D eigenvalue weighted by Crippen LogP contribution is 2.26. The molecule has 0 aromatic carbocycles. The smallest absolute Gasteiger partial charge is 0.339 e. The molecule has 3 rings (SSSR count). The van der Waals surface area contributed by atoms with Crippen LogP contribution in [0.15, 0.2) is 29.4 Å². The number of ether oxygens (including phenoxy) is 2. The number of aromatic amines is 1. The zero-order valence-electron chi connectivity index (χ0n) is 19.0. The molecule has 0 spiro atoms. The van der Waals surface area contributed by atoms with Crippen molar-refractivity contribution in [3.05, 3.63) is 47.0 Å². The fourth-order valence-corrected chi connectivity index (χ4v) is 5.35.